The maximum absolute atomic E-state index is 13.2. The number of hydrogen-bond acceptors (Lipinski definition) is 7. The largest absolute Gasteiger partial charge is 0.395 e. The number of aliphatic hydroxyl groups excluding tert-OH is 1. The summed E-state index contributed by atoms with van der Waals surface area (Å²) in [4.78, 5) is 32.8. The van der Waals surface area contributed by atoms with E-state index >= 15 is 0 Å². The number of aromatic nitrogens is 2. The molecule has 0 radical (unpaired) electrons. The number of aliphatic hydroxyl groups is 1. The maximum atomic E-state index is 13.2. The van der Waals surface area contributed by atoms with Gasteiger partial charge >= 0.3 is 0 Å². The van der Waals surface area contributed by atoms with Crippen molar-refractivity contribution >= 4 is 51.7 Å². The van der Waals surface area contributed by atoms with Crippen molar-refractivity contribution in [1.82, 2.24) is 14.3 Å². The van der Waals surface area contributed by atoms with Crippen molar-refractivity contribution in [3.05, 3.63) is 80.6 Å². The number of fused-ring (bicyclic) bond motifs is 1. The van der Waals surface area contributed by atoms with Gasteiger partial charge in [0.2, 0.25) is 0 Å². The molecule has 9 heteroatoms. The third-order valence-corrected chi connectivity index (χ3v) is 6.48. The molecule has 0 bridgehead atoms. The molecule has 1 saturated heterocycles. The van der Waals surface area contributed by atoms with Gasteiger partial charge in [-0.3, -0.25) is 18.9 Å². The Hall–Kier alpha value is -3.01. The summed E-state index contributed by atoms with van der Waals surface area (Å²) in [6.45, 7) is 2.45. The molecule has 1 aliphatic rings. The molecule has 4 rings (SSSR count). The molecule has 1 aromatic carbocycles. The third kappa shape index (κ3) is 4.45. The minimum Gasteiger partial charge on any atom is -0.395 e. The van der Waals surface area contributed by atoms with E-state index in [9.17, 15) is 14.7 Å². The Labute approximate surface area is 194 Å². The molecule has 0 saturated carbocycles. The second-order valence-corrected chi connectivity index (χ2v) is 8.96. The Morgan fingerprint density at radius 1 is 1.19 bits per heavy atom. The number of thiocarbonyl (C=S) groups is 1. The highest BCUT2D eigenvalue weighted by Gasteiger charge is 2.32. The summed E-state index contributed by atoms with van der Waals surface area (Å²) in [5, 5.41) is 12.2. The Kier molecular flexibility index (Phi) is 6.69. The first kappa shape index (κ1) is 22.2. The zero-order valence-electron chi connectivity index (χ0n) is 17.4. The summed E-state index contributed by atoms with van der Waals surface area (Å²) in [6.07, 6.45) is 3.88. The van der Waals surface area contributed by atoms with Crippen molar-refractivity contribution in [1.29, 1.82) is 0 Å². The summed E-state index contributed by atoms with van der Waals surface area (Å²) < 4.78 is 1.92. The van der Waals surface area contributed by atoms with E-state index in [-0.39, 0.29) is 30.2 Å². The van der Waals surface area contributed by atoms with Crippen molar-refractivity contribution in [3.8, 4) is 0 Å². The quantitative estimate of drug-likeness (QED) is 0.409. The molecule has 1 fully saturated rings. The first-order chi connectivity index (χ1) is 15.5. The van der Waals surface area contributed by atoms with E-state index in [2.05, 4.69) is 10.3 Å². The number of nitrogens with zero attached hydrogens (tertiary/aromatic N) is 3. The molecule has 2 aromatic heterocycles. The molecule has 32 heavy (non-hydrogen) atoms. The SMILES string of the molecule is Cc1cccn2c(=O)c(C=C3SC(=S)N(CCc4ccccc4)C3=O)c(NCCO)nc12. The van der Waals surface area contributed by atoms with Gasteiger partial charge in [-0.1, -0.05) is 60.4 Å². The van der Waals surface area contributed by atoms with E-state index in [4.69, 9.17) is 12.2 Å². The van der Waals surface area contributed by atoms with Gasteiger partial charge < -0.3 is 10.4 Å². The highest BCUT2D eigenvalue weighted by atomic mass is 32.2. The molecule has 0 unspecified atom stereocenters. The Morgan fingerprint density at radius 3 is 2.72 bits per heavy atom. The van der Waals surface area contributed by atoms with Crippen LogP contribution >= 0.6 is 24.0 Å². The first-order valence-electron chi connectivity index (χ1n) is 10.2. The number of carbonyl (C=O) groups excluding carboxylic acids is 1. The average molecular weight is 467 g/mol. The topological polar surface area (TPSA) is 86.9 Å². The number of benzene rings is 1. The fourth-order valence-corrected chi connectivity index (χ4v) is 4.75. The van der Waals surface area contributed by atoms with Crippen LogP contribution in [0.2, 0.25) is 0 Å². The highest BCUT2D eigenvalue weighted by Crippen LogP contribution is 2.33. The molecular weight excluding hydrogens is 444 g/mol. The van der Waals surface area contributed by atoms with Gasteiger partial charge in [0.05, 0.1) is 17.1 Å². The zero-order valence-corrected chi connectivity index (χ0v) is 19.1. The molecule has 164 valence electrons. The van der Waals surface area contributed by atoms with Crippen LogP contribution in [-0.4, -0.2) is 49.3 Å². The van der Waals surface area contributed by atoms with Crippen LogP contribution < -0.4 is 10.9 Å². The van der Waals surface area contributed by atoms with E-state index in [1.165, 1.54) is 16.2 Å². The van der Waals surface area contributed by atoms with Crippen molar-refractivity contribution < 1.29 is 9.90 Å². The zero-order chi connectivity index (χ0) is 22.7. The van der Waals surface area contributed by atoms with Gasteiger partial charge in [-0.25, -0.2) is 4.98 Å². The summed E-state index contributed by atoms with van der Waals surface area (Å²) in [6, 6.07) is 13.5. The van der Waals surface area contributed by atoms with Gasteiger partial charge in [-0.15, -0.1) is 0 Å². The predicted molar refractivity (Wildman–Crippen MR) is 132 cm³/mol. The Morgan fingerprint density at radius 2 is 1.97 bits per heavy atom. The fraction of sp³-hybridized carbons (Fsp3) is 0.217. The van der Waals surface area contributed by atoms with Crippen molar-refractivity contribution in [2.45, 2.75) is 13.3 Å². The van der Waals surface area contributed by atoms with E-state index in [1.54, 1.807) is 23.2 Å². The molecule has 0 spiro atoms. The van der Waals surface area contributed by atoms with Crippen LogP contribution in [0.15, 0.2) is 58.4 Å². The van der Waals surface area contributed by atoms with Gasteiger partial charge in [0.15, 0.2) is 0 Å². The second-order valence-electron chi connectivity index (χ2n) is 7.28. The van der Waals surface area contributed by atoms with Crippen molar-refractivity contribution in [3.63, 3.8) is 0 Å². The molecular formula is C23H22N4O3S2. The molecule has 3 aromatic rings. The summed E-state index contributed by atoms with van der Waals surface area (Å²) in [5.74, 6) is 0.102. The number of aryl methyl sites for hydroxylation is 1. The van der Waals surface area contributed by atoms with Crippen LogP contribution in [0.4, 0.5) is 5.82 Å². The van der Waals surface area contributed by atoms with Gasteiger partial charge in [-0.05, 0) is 36.6 Å². The lowest BCUT2D eigenvalue weighted by Crippen LogP contribution is -2.30. The van der Waals surface area contributed by atoms with Gasteiger partial charge in [0, 0.05) is 19.3 Å². The number of nitrogens with one attached hydrogen (secondary N) is 1. The smallest absolute Gasteiger partial charge is 0.267 e. The number of thioether (sulfide) groups is 1. The Bertz CT molecular complexity index is 1270. The normalized spacial score (nSPS) is 15.2. The van der Waals surface area contributed by atoms with Crippen molar-refractivity contribution in [2.75, 3.05) is 25.0 Å². The van der Waals surface area contributed by atoms with Gasteiger partial charge in [0.25, 0.3) is 11.5 Å². The minimum atomic E-state index is -0.298. The van der Waals surface area contributed by atoms with Gasteiger partial charge in [0.1, 0.15) is 15.8 Å². The van der Waals surface area contributed by atoms with E-state index in [0.29, 0.717) is 33.7 Å². The van der Waals surface area contributed by atoms with Crippen LogP contribution in [-0.2, 0) is 11.2 Å². The molecule has 3 heterocycles. The molecule has 1 amide bonds. The number of pyridine rings is 1. The van der Waals surface area contributed by atoms with Crippen LogP contribution in [0.1, 0.15) is 16.7 Å². The number of rotatable bonds is 7. The molecule has 1 aliphatic heterocycles. The summed E-state index contributed by atoms with van der Waals surface area (Å²) in [7, 11) is 0. The molecule has 2 N–H and O–H groups in total. The standard InChI is InChI=1S/C23H22N4O3S2/c1-15-6-5-11-26-20(15)25-19(24-10-13-28)17(21(26)29)14-18-22(30)27(23(31)32-18)12-9-16-7-3-2-4-8-16/h2-8,11,14,24,28H,9-10,12-13H2,1H3. The van der Waals surface area contributed by atoms with Crippen LogP contribution in [0.3, 0.4) is 0 Å². The van der Waals surface area contributed by atoms with Gasteiger partial charge in [-0.2, -0.15) is 0 Å². The average Bonchev–Trinajstić information content (AvgIpc) is 3.06. The van der Waals surface area contributed by atoms with Crippen molar-refractivity contribution in [2.24, 2.45) is 0 Å². The first-order valence-corrected chi connectivity index (χ1v) is 11.4. The van der Waals surface area contributed by atoms with E-state index < -0.39 is 0 Å². The monoisotopic (exact) mass is 466 g/mol. The Balaban J connectivity index is 1.68. The predicted octanol–water partition coefficient (Wildman–Crippen LogP) is 2.85. The lowest BCUT2D eigenvalue weighted by molar-refractivity contribution is -0.122. The second kappa shape index (κ2) is 9.64. The summed E-state index contributed by atoms with van der Waals surface area (Å²) in [5.41, 5.74) is 2.44. The highest BCUT2D eigenvalue weighted by molar-refractivity contribution is 8.26. The molecule has 0 atom stereocenters. The maximum Gasteiger partial charge on any atom is 0.267 e. The lowest BCUT2D eigenvalue weighted by Gasteiger charge is -2.14. The lowest BCUT2D eigenvalue weighted by atomic mass is 10.1. The van der Waals surface area contributed by atoms with Crippen LogP contribution in [0.5, 0.6) is 0 Å². The number of carbonyl (C=O) groups is 1. The fourth-order valence-electron chi connectivity index (χ4n) is 3.46. The third-order valence-electron chi connectivity index (χ3n) is 5.10. The summed E-state index contributed by atoms with van der Waals surface area (Å²) >= 11 is 6.61. The van der Waals surface area contributed by atoms with Crippen LogP contribution in [0, 0.1) is 6.92 Å². The van der Waals surface area contributed by atoms with E-state index in [1.807, 2.05) is 43.3 Å². The number of anilines is 1. The number of amides is 1. The van der Waals surface area contributed by atoms with E-state index in [0.717, 1.165) is 11.1 Å². The minimum absolute atomic E-state index is 0.115. The van der Waals surface area contributed by atoms with Crippen LogP contribution in [0.25, 0.3) is 11.7 Å². The number of hydrogen-bond donors (Lipinski definition) is 2. The molecule has 7 nitrogen and oxygen atoms in total. The molecule has 0 aliphatic carbocycles.